The van der Waals surface area contributed by atoms with Crippen LogP contribution in [0.15, 0.2) is 0 Å². The molecule has 15 heavy (non-hydrogen) atoms. The van der Waals surface area contributed by atoms with Crippen LogP contribution < -0.4 is 0 Å². The summed E-state index contributed by atoms with van der Waals surface area (Å²) in [6.07, 6.45) is 8.13. The van der Waals surface area contributed by atoms with Gasteiger partial charge in [-0.2, -0.15) is 0 Å². The van der Waals surface area contributed by atoms with Gasteiger partial charge in [0, 0.05) is 12.0 Å². The van der Waals surface area contributed by atoms with Gasteiger partial charge in [0.15, 0.2) is 0 Å². The topological polar surface area (TPSA) is 54.4 Å². The van der Waals surface area contributed by atoms with Gasteiger partial charge in [-0.1, -0.05) is 19.3 Å². The van der Waals surface area contributed by atoms with Gasteiger partial charge in [0.05, 0.1) is 6.10 Å². The normalized spacial score (nSPS) is 21.5. The average molecular weight is 234 g/mol. The van der Waals surface area contributed by atoms with Crippen LogP contribution in [0.4, 0.5) is 0 Å². The van der Waals surface area contributed by atoms with Gasteiger partial charge in [-0.25, -0.2) is 8.42 Å². The van der Waals surface area contributed by atoms with Crippen molar-refractivity contribution in [2.45, 2.75) is 51.0 Å². The Kier molecular flexibility index (Phi) is 5.06. The van der Waals surface area contributed by atoms with Crippen molar-refractivity contribution < 1.29 is 13.5 Å². The van der Waals surface area contributed by atoms with Crippen LogP contribution in [0, 0.1) is 5.92 Å². The summed E-state index contributed by atoms with van der Waals surface area (Å²) in [5.41, 5.74) is 0. The Morgan fingerprint density at radius 2 is 1.87 bits per heavy atom. The van der Waals surface area contributed by atoms with E-state index in [1.807, 2.05) is 0 Å². The van der Waals surface area contributed by atoms with E-state index in [0.29, 0.717) is 18.8 Å². The molecule has 90 valence electrons. The van der Waals surface area contributed by atoms with E-state index < -0.39 is 9.84 Å². The molecule has 0 aromatic heterocycles. The molecule has 1 N–H and O–H groups in total. The second kappa shape index (κ2) is 5.85. The summed E-state index contributed by atoms with van der Waals surface area (Å²) in [6.45, 7) is 0. The zero-order valence-corrected chi connectivity index (χ0v) is 10.3. The molecular weight excluding hydrogens is 212 g/mol. The molecule has 1 aliphatic carbocycles. The Morgan fingerprint density at radius 3 is 2.40 bits per heavy atom. The van der Waals surface area contributed by atoms with Crippen LogP contribution in [0.3, 0.4) is 0 Å². The summed E-state index contributed by atoms with van der Waals surface area (Å²) < 4.78 is 21.8. The third-order valence-corrected chi connectivity index (χ3v) is 4.24. The second-order valence-corrected chi connectivity index (χ2v) is 7.00. The molecule has 1 atom stereocenters. The molecule has 1 fully saturated rings. The standard InChI is InChI=1S/C11H22O3S/c1-15(13,14)9-5-8-11(12)10-6-3-2-4-7-10/h10-12H,2-9H2,1H3. The highest BCUT2D eigenvalue weighted by Gasteiger charge is 2.21. The van der Waals surface area contributed by atoms with Crippen molar-refractivity contribution in [3.63, 3.8) is 0 Å². The van der Waals surface area contributed by atoms with Crippen LogP contribution >= 0.6 is 0 Å². The smallest absolute Gasteiger partial charge is 0.147 e. The summed E-state index contributed by atoms with van der Waals surface area (Å²) in [6, 6.07) is 0. The Balaban J connectivity index is 2.20. The van der Waals surface area contributed by atoms with Gasteiger partial charge in [-0.3, -0.25) is 0 Å². The van der Waals surface area contributed by atoms with E-state index in [-0.39, 0.29) is 11.9 Å². The third-order valence-electron chi connectivity index (χ3n) is 3.21. The molecule has 0 aliphatic heterocycles. The predicted molar refractivity (Wildman–Crippen MR) is 61.5 cm³/mol. The largest absolute Gasteiger partial charge is 0.393 e. The summed E-state index contributed by atoms with van der Waals surface area (Å²) in [5.74, 6) is 0.620. The first-order valence-corrected chi connectivity index (χ1v) is 7.91. The van der Waals surface area contributed by atoms with Gasteiger partial charge >= 0.3 is 0 Å². The number of aliphatic hydroxyl groups is 1. The molecule has 1 rings (SSSR count). The highest BCUT2D eigenvalue weighted by molar-refractivity contribution is 7.90. The molecule has 0 bridgehead atoms. The molecule has 0 spiro atoms. The van der Waals surface area contributed by atoms with E-state index in [4.69, 9.17) is 0 Å². The maximum absolute atomic E-state index is 10.9. The van der Waals surface area contributed by atoms with Crippen LogP contribution in [-0.2, 0) is 9.84 Å². The van der Waals surface area contributed by atoms with E-state index >= 15 is 0 Å². The Labute approximate surface area is 92.8 Å². The van der Waals surface area contributed by atoms with Crippen molar-refractivity contribution in [1.29, 1.82) is 0 Å². The quantitative estimate of drug-likeness (QED) is 0.788. The highest BCUT2D eigenvalue weighted by atomic mass is 32.2. The summed E-state index contributed by atoms with van der Waals surface area (Å²) in [5, 5.41) is 9.88. The van der Waals surface area contributed by atoms with E-state index in [2.05, 4.69) is 0 Å². The number of hydrogen-bond donors (Lipinski definition) is 1. The molecule has 0 saturated heterocycles. The first kappa shape index (κ1) is 13.0. The minimum atomic E-state index is -2.86. The van der Waals surface area contributed by atoms with E-state index in [9.17, 15) is 13.5 Å². The molecule has 0 heterocycles. The zero-order chi connectivity index (χ0) is 11.3. The van der Waals surface area contributed by atoms with Crippen LogP contribution in [0.25, 0.3) is 0 Å². The molecule has 0 amide bonds. The molecule has 4 heteroatoms. The number of sulfone groups is 1. The maximum atomic E-state index is 10.9. The van der Waals surface area contributed by atoms with E-state index in [1.54, 1.807) is 0 Å². The molecule has 1 aliphatic rings. The molecule has 0 radical (unpaired) electrons. The number of rotatable bonds is 5. The van der Waals surface area contributed by atoms with Crippen molar-refractivity contribution in [1.82, 2.24) is 0 Å². The SMILES string of the molecule is CS(=O)(=O)CCCC(O)C1CCCCC1. The minimum absolute atomic E-state index is 0.205. The van der Waals surface area contributed by atoms with E-state index in [0.717, 1.165) is 12.8 Å². The fourth-order valence-corrected chi connectivity index (χ4v) is 3.00. The average Bonchev–Trinajstić information content (AvgIpc) is 2.17. The lowest BCUT2D eigenvalue weighted by atomic mass is 9.84. The molecule has 1 saturated carbocycles. The molecule has 0 aromatic rings. The van der Waals surface area contributed by atoms with Crippen LogP contribution in [-0.4, -0.2) is 31.6 Å². The van der Waals surface area contributed by atoms with Gasteiger partial charge in [-0.15, -0.1) is 0 Å². The van der Waals surface area contributed by atoms with Crippen molar-refractivity contribution in [3.05, 3.63) is 0 Å². The monoisotopic (exact) mass is 234 g/mol. The van der Waals surface area contributed by atoms with Gasteiger partial charge in [-0.05, 0) is 31.6 Å². The van der Waals surface area contributed by atoms with Crippen molar-refractivity contribution >= 4 is 9.84 Å². The first-order valence-electron chi connectivity index (χ1n) is 5.85. The molecular formula is C11H22O3S. The molecule has 0 aromatic carbocycles. The minimum Gasteiger partial charge on any atom is -0.393 e. The molecule has 3 nitrogen and oxygen atoms in total. The third kappa shape index (κ3) is 5.52. The fourth-order valence-electron chi connectivity index (χ4n) is 2.31. The van der Waals surface area contributed by atoms with Crippen molar-refractivity contribution in [2.24, 2.45) is 5.92 Å². The number of hydrogen-bond acceptors (Lipinski definition) is 3. The summed E-state index contributed by atoms with van der Waals surface area (Å²) >= 11 is 0. The Hall–Kier alpha value is -0.0900. The lowest BCUT2D eigenvalue weighted by Gasteiger charge is -2.26. The second-order valence-electron chi connectivity index (χ2n) is 4.74. The van der Waals surface area contributed by atoms with Gasteiger partial charge < -0.3 is 5.11 Å². The van der Waals surface area contributed by atoms with Crippen molar-refractivity contribution in [2.75, 3.05) is 12.0 Å². The van der Waals surface area contributed by atoms with Crippen LogP contribution in [0.1, 0.15) is 44.9 Å². The van der Waals surface area contributed by atoms with Gasteiger partial charge in [0.25, 0.3) is 0 Å². The van der Waals surface area contributed by atoms with Crippen LogP contribution in [0.5, 0.6) is 0 Å². The number of aliphatic hydroxyl groups excluding tert-OH is 1. The maximum Gasteiger partial charge on any atom is 0.147 e. The van der Waals surface area contributed by atoms with Crippen LogP contribution in [0.2, 0.25) is 0 Å². The predicted octanol–water partition coefficient (Wildman–Crippen LogP) is 1.75. The summed E-state index contributed by atoms with van der Waals surface area (Å²) in [4.78, 5) is 0. The zero-order valence-electron chi connectivity index (χ0n) is 9.48. The van der Waals surface area contributed by atoms with Gasteiger partial charge in [0.1, 0.15) is 9.84 Å². The van der Waals surface area contributed by atoms with E-state index in [1.165, 1.54) is 25.5 Å². The van der Waals surface area contributed by atoms with Crippen molar-refractivity contribution in [3.8, 4) is 0 Å². The lowest BCUT2D eigenvalue weighted by Crippen LogP contribution is -2.23. The Bertz CT molecular complexity index is 266. The fraction of sp³-hybridized carbons (Fsp3) is 1.00. The first-order chi connectivity index (χ1) is 6.99. The highest BCUT2D eigenvalue weighted by Crippen LogP contribution is 2.28. The Morgan fingerprint density at radius 1 is 1.27 bits per heavy atom. The lowest BCUT2D eigenvalue weighted by molar-refractivity contribution is 0.0768. The van der Waals surface area contributed by atoms with Gasteiger partial charge in [0.2, 0.25) is 0 Å². The summed E-state index contributed by atoms with van der Waals surface area (Å²) in [7, 11) is -2.86. The molecule has 1 unspecified atom stereocenters.